The second-order valence-corrected chi connectivity index (χ2v) is 9.70. The number of ether oxygens (including phenoxy) is 2. The normalized spacial score (nSPS) is 18.0. The number of piperidine rings is 1. The highest BCUT2D eigenvalue weighted by molar-refractivity contribution is 14.1. The standard InChI is InChI=1S/C23H25F2IN2O3/c1-14-17(3-4-20(26)27-14)16-11-18(24)21(19(25)12-16)30-13-15-5-9-28(10-6-15)22(29)31-23(2)7-8-23/h3-4,11-12,15H,5-10,13H2,1-2H3. The minimum atomic E-state index is -0.730. The maximum atomic E-state index is 14.6. The molecule has 5 nitrogen and oxygen atoms in total. The number of rotatable bonds is 5. The predicted octanol–water partition coefficient (Wildman–Crippen LogP) is 5.72. The van der Waals surface area contributed by atoms with Crippen LogP contribution in [0, 0.1) is 28.2 Å². The summed E-state index contributed by atoms with van der Waals surface area (Å²) in [5.41, 5.74) is 1.54. The van der Waals surface area contributed by atoms with Gasteiger partial charge in [0, 0.05) is 24.3 Å². The van der Waals surface area contributed by atoms with Crippen molar-refractivity contribution in [2.24, 2.45) is 5.92 Å². The molecule has 1 saturated heterocycles. The Balaban J connectivity index is 1.34. The van der Waals surface area contributed by atoms with E-state index in [2.05, 4.69) is 27.6 Å². The van der Waals surface area contributed by atoms with Gasteiger partial charge >= 0.3 is 6.09 Å². The Hall–Kier alpha value is -1.97. The van der Waals surface area contributed by atoms with Crippen molar-refractivity contribution in [3.05, 3.63) is 45.3 Å². The zero-order valence-electron chi connectivity index (χ0n) is 17.6. The van der Waals surface area contributed by atoms with E-state index >= 15 is 0 Å². The van der Waals surface area contributed by atoms with Crippen LogP contribution in [0.1, 0.15) is 38.3 Å². The SMILES string of the molecule is Cc1nc(I)ccc1-c1cc(F)c(OCC2CCN(C(=O)OC3(C)CC3)CC2)c(F)c1. The zero-order chi connectivity index (χ0) is 22.2. The summed E-state index contributed by atoms with van der Waals surface area (Å²) in [5.74, 6) is -1.69. The van der Waals surface area contributed by atoms with Gasteiger partial charge in [0.1, 0.15) is 9.30 Å². The number of halogens is 3. The van der Waals surface area contributed by atoms with E-state index in [-0.39, 0.29) is 30.0 Å². The Morgan fingerprint density at radius 2 is 1.87 bits per heavy atom. The van der Waals surface area contributed by atoms with Crippen LogP contribution in [-0.4, -0.2) is 41.3 Å². The van der Waals surface area contributed by atoms with E-state index in [0.717, 1.165) is 16.5 Å². The van der Waals surface area contributed by atoms with E-state index < -0.39 is 11.6 Å². The second kappa shape index (κ2) is 8.88. The molecule has 2 aromatic rings. The van der Waals surface area contributed by atoms with Gasteiger partial charge in [0.25, 0.3) is 0 Å². The molecule has 1 aliphatic heterocycles. The minimum absolute atomic E-state index is 0.127. The summed E-state index contributed by atoms with van der Waals surface area (Å²) in [7, 11) is 0. The summed E-state index contributed by atoms with van der Waals surface area (Å²) in [6.45, 7) is 5.08. The quantitative estimate of drug-likeness (QED) is 0.359. The van der Waals surface area contributed by atoms with E-state index in [0.29, 0.717) is 42.8 Å². The number of aromatic nitrogens is 1. The van der Waals surface area contributed by atoms with Gasteiger partial charge in [0.2, 0.25) is 0 Å². The summed E-state index contributed by atoms with van der Waals surface area (Å²) >= 11 is 2.10. The van der Waals surface area contributed by atoms with Crippen molar-refractivity contribution in [3.63, 3.8) is 0 Å². The maximum absolute atomic E-state index is 14.6. The summed E-state index contributed by atoms with van der Waals surface area (Å²) < 4.78 is 41.1. The third kappa shape index (κ3) is 5.27. The van der Waals surface area contributed by atoms with Crippen LogP contribution in [0.5, 0.6) is 5.75 Å². The molecule has 2 heterocycles. The molecule has 1 aromatic heterocycles. The Labute approximate surface area is 194 Å². The predicted molar refractivity (Wildman–Crippen MR) is 121 cm³/mol. The van der Waals surface area contributed by atoms with Gasteiger partial charge in [0.15, 0.2) is 17.4 Å². The van der Waals surface area contributed by atoms with Crippen LogP contribution in [0.3, 0.4) is 0 Å². The van der Waals surface area contributed by atoms with Crippen molar-refractivity contribution in [1.29, 1.82) is 0 Å². The average molecular weight is 542 g/mol. The summed E-state index contributed by atoms with van der Waals surface area (Å²) in [4.78, 5) is 18.2. The van der Waals surface area contributed by atoms with Crippen molar-refractivity contribution < 1.29 is 23.0 Å². The largest absolute Gasteiger partial charge is 0.487 e. The molecule has 166 valence electrons. The molecule has 2 fully saturated rings. The first-order valence-corrected chi connectivity index (χ1v) is 11.6. The van der Waals surface area contributed by atoms with Gasteiger partial charge in [-0.1, -0.05) is 0 Å². The molecule has 1 amide bonds. The fourth-order valence-corrected chi connectivity index (χ4v) is 4.27. The topological polar surface area (TPSA) is 51.7 Å². The third-order valence-corrected chi connectivity index (χ3v) is 6.59. The lowest BCUT2D eigenvalue weighted by Gasteiger charge is -2.32. The lowest BCUT2D eigenvalue weighted by atomic mass is 9.98. The van der Waals surface area contributed by atoms with Gasteiger partial charge in [0.05, 0.1) is 6.61 Å². The molecule has 0 N–H and O–H groups in total. The first-order valence-electron chi connectivity index (χ1n) is 10.5. The lowest BCUT2D eigenvalue weighted by molar-refractivity contribution is 0.0453. The van der Waals surface area contributed by atoms with Crippen molar-refractivity contribution in [2.45, 2.75) is 45.1 Å². The van der Waals surface area contributed by atoms with Gasteiger partial charge in [-0.05, 0) is 97.9 Å². The number of hydrogen-bond donors (Lipinski definition) is 0. The molecular weight excluding hydrogens is 517 g/mol. The lowest BCUT2D eigenvalue weighted by Crippen LogP contribution is -2.41. The van der Waals surface area contributed by atoms with E-state index in [9.17, 15) is 13.6 Å². The molecule has 0 unspecified atom stereocenters. The van der Waals surface area contributed by atoms with Crippen LogP contribution < -0.4 is 4.74 Å². The monoisotopic (exact) mass is 542 g/mol. The number of carbonyl (C=O) groups is 1. The molecule has 1 aliphatic carbocycles. The zero-order valence-corrected chi connectivity index (χ0v) is 19.7. The Kier molecular flexibility index (Phi) is 6.37. The number of hydrogen-bond acceptors (Lipinski definition) is 4. The maximum Gasteiger partial charge on any atom is 0.410 e. The number of likely N-dealkylation sites (tertiary alicyclic amines) is 1. The Morgan fingerprint density at radius 1 is 1.23 bits per heavy atom. The van der Waals surface area contributed by atoms with Crippen molar-refractivity contribution >= 4 is 28.7 Å². The van der Waals surface area contributed by atoms with Crippen molar-refractivity contribution in [1.82, 2.24) is 9.88 Å². The van der Waals surface area contributed by atoms with E-state index in [4.69, 9.17) is 9.47 Å². The highest BCUT2D eigenvalue weighted by Gasteiger charge is 2.43. The molecule has 8 heteroatoms. The van der Waals surface area contributed by atoms with Crippen molar-refractivity contribution in [3.8, 4) is 16.9 Å². The second-order valence-electron chi connectivity index (χ2n) is 8.60. The Bertz CT molecular complexity index is 966. The first-order chi connectivity index (χ1) is 14.7. The molecule has 31 heavy (non-hydrogen) atoms. The molecule has 2 aliphatic rings. The summed E-state index contributed by atoms with van der Waals surface area (Å²) in [6.07, 6.45) is 2.98. The van der Waals surface area contributed by atoms with Gasteiger partial charge in [-0.15, -0.1) is 0 Å². The molecule has 1 saturated carbocycles. The molecule has 0 bridgehead atoms. The van der Waals surface area contributed by atoms with Crippen LogP contribution in [0.4, 0.5) is 13.6 Å². The molecular formula is C23H25F2IN2O3. The number of amides is 1. The number of benzene rings is 1. The summed E-state index contributed by atoms with van der Waals surface area (Å²) in [5, 5.41) is 0. The molecule has 0 atom stereocenters. The third-order valence-electron chi connectivity index (χ3n) is 5.99. The average Bonchev–Trinajstić information content (AvgIpc) is 3.44. The number of pyridine rings is 1. The summed E-state index contributed by atoms with van der Waals surface area (Å²) in [6, 6.07) is 6.18. The molecule has 1 aromatic carbocycles. The van der Waals surface area contributed by atoms with E-state index in [1.165, 1.54) is 12.1 Å². The number of aryl methyl sites for hydroxylation is 1. The fraction of sp³-hybridized carbons (Fsp3) is 0.478. The smallest absolute Gasteiger partial charge is 0.410 e. The van der Waals surface area contributed by atoms with Gasteiger partial charge in [-0.2, -0.15) is 0 Å². The number of carbonyl (C=O) groups excluding carboxylic acids is 1. The molecule has 4 rings (SSSR count). The van der Waals surface area contributed by atoms with Gasteiger partial charge in [-0.3, -0.25) is 0 Å². The van der Waals surface area contributed by atoms with Crippen LogP contribution in [0.25, 0.3) is 11.1 Å². The highest BCUT2D eigenvalue weighted by atomic mass is 127. The van der Waals surface area contributed by atoms with Crippen LogP contribution in [0.2, 0.25) is 0 Å². The Morgan fingerprint density at radius 3 is 2.45 bits per heavy atom. The highest BCUT2D eigenvalue weighted by Crippen LogP contribution is 2.39. The van der Waals surface area contributed by atoms with Crippen LogP contribution in [-0.2, 0) is 4.74 Å². The fourth-order valence-electron chi connectivity index (χ4n) is 3.73. The van der Waals surface area contributed by atoms with Gasteiger partial charge < -0.3 is 14.4 Å². The van der Waals surface area contributed by atoms with Gasteiger partial charge in [-0.25, -0.2) is 18.6 Å². The van der Waals surface area contributed by atoms with Crippen LogP contribution >= 0.6 is 22.6 Å². The van der Waals surface area contributed by atoms with E-state index in [1.54, 1.807) is 17.0 Å². The van der Waals surface area contributed by atoms with Crippen molar-refractivity contribution in [2.75, 3.05) is 19.7 Å². The molecule has 0 radical (unpaired) electrons. The first kappa shape index (κ1) is 22.2. The molecule has 0 spiro atoms. The number of nitrogens with zero attached hydrogens (tertiary/aromatic N) is 2. The minimum Gasteiger partial charge on any atom is -0.487 e. The van der Waals surface area contributed by atoms with Crippen LogP contribution in [0.15, 0.2) is 24.3 Å². The van der Waals surface area contributed by atoms with E-state index in [1.807, 2.05) is 13.8 Å².